The fourth-order valence-corrected chi connectivity index (χ4v) is 2.43. The third kappa shape index (κ3) is 2.94. The van der Waals surface area contributed by atoms with Crippen LogP contribution in [0.25, 0.3) is 0 Å². The highest BCUT2D eigenvalue weighted by atomic mass is 16.2. The summed E-state index contributed by atoms with van der Waals surface area (Å²) in [7, 11) is 0. The lowest BCUT2D eigenvalue weighted by molar-refractivity contribution is -0.117. The van der Waals surface area contributed by atoms with Crippen molar-refractivity contribution in [2.45, 2.75) is 6.42 Å². The van der Waals surface area contributed by atoms with E-state index in [0.29, 0.717) is 13.0 Å². The van der Waals surface area contributed by atoms with Gasteiger partial charge >= 0.3 is 0 Å². The van der Waals surface area contributed by atoms with Gasteiger partial charge in [-0.1, -0.05) is 24.3 Å². The van der Waals surface area contributed by atoms with E-state index in [1.54, 1.807) is 11.1 Å². The van der Waals surface area contributed by atoms with Crippen molar-refractivity contribution in [3.63, 3.8) is 0 Å². The Morgan fingerprint density at radius 2 is 2.05 bits per heavy atom. The van der Waals surface area contributed by atoms with Gasteiger partial charge in [0.2, 0.25) is 5.91 Å². The van der Waals surface area contributed by atoms with Crippen molar-refractivity contribution in [2.24, 2.45) is 5.92 Å². The molecule has 0 saturated carbocycles. The number of aromatic nitrogens is 1. The van der Waals surface area contributed by atoms with E-state index in [-0.39, 0.29) is 11.8 Å². The Balaban J connectivity index is 1.72. The van der Waals surface area contributed by atoms with Crippen molar-refractivity contribution in [2.75, 3.05) is 16.8 Å². The normalized spacial score (nSPS) is 17.8. The Morgan fingerprint density at radius 3 is 2.67 bits per heavy atom. The van der Waals surface area contributed by atoms with Gasteiger partial charge in [0.05, 0.1) is 11.9 Å². The number of carbonyl (C=O) groups is 1. The number of nitrogens with zero attached hydrogens (tertiary/aromatic N) is 2. The van der Waals surface area contributed by atoms with Crippen LogP contribution in [0.1, 0.15) is 6.42 Å². The molecule has 2 heterocycles. The standard InChI is InChI=1S/C17H17N3O/c1-2-13-10-17(21)20(12-13)15-8-9-16(18-11-15)19-14-6-4-3-5-7-14/h2-9,11,13H,1,10,12H2,(H,18,19). The third-order valence-corrected chi connectivity index (χ3v) is 3.59. The highest BCUT2D eigenvalue weighted by molar-refractivity contribution is 5.95. The summed E-state index contributed by atoms with van der Waals surface area (Å²) >= 11 is 0. The van der Waals surface area contributed by atoms with Gasteiger partial charge in [-0.2, -0.15) is 0 Å². The number of carbonyl (C=O) groups excluding carboxylic acids is 1. The highest BCUT2D eigenvalue weighted by Gasteiger charge is 2.28. The zero-order valence-electron chi connectivity index (χ0n) is 11.7. The van der Waals surface area contributed by atoms with Crippen LogP contribution in [-0.2, 0) is 4.79 Å². The largest absolute Gasteiger partial charge is 0.340 e. The minimum atomic E-state index is 0.130. The average molecular weight is 279 g/mol. The van der Waals surface area contributed by atoms with Gasteiger partial charge in [0.25, 0.3) is 0 Å². The maximum Gasteiger partial charge on any atom is 0.227 e. The second-order valence-corrected chi connectivity index (χ2v) is 5.10. The number of rotatable bonds is 4. The zero-order chi connectivity index (χ0) is 14.7. The molecule has 1 amide bonds. The monoisotopic (exact) mass is 279 g/mol. The van der Waals surface area contributed by atoms with E-state index in [9.17, 15) is 4.79 Å². The molecule has 1 aliphatic rings. The first-order chi connectivity index (χ1) is 10.3. The first-order valence-electron chi connectivity index (χ1n) is 6.97. The number of benzene rings is 1. The van der Waals surface area contributed by atoms with Gasteiger partial charge in [0.1, 0.15) is 5.82 Å². The molecule has 21 heavy (non-hydrogen) atoms. The molecule has 0 radical (unpaired) electrons. The molecule has 0 bridgehead atoms. The second-order valence-electron chi connectivity index (χ2n) is 5.10. The van der Waals surface area contributed by atoms with Gasteiger partial charge in [0, 0.05) is 24.6 Å². The predicted molar refractivity (Wildman–Crippen MR) is 84.6 cm³/mol. The van der Waals surface area contributed by atoms with Crippen molar-refractivity contribution in [1.82, 2.24) is 4.98 Å². The summed E-state index contributed by atoms with van der Waals surface area (Å²) in [5.74, 6) is 1.13. The van der Waals surface area contributed by atoms with Gasteiger partial charge < -0.3 is 10.2 Å². The van der Waals surface area contributed by atoms with Crippen LogP contribution in [0.15, 0.2) is 61.3 Å². The molecule has 1 fully saturated rings. The van der Waals surface area contributed by atoms with Crippen LogP contribution in [0, 0.1) is 5.92 Å². The number of hydrogen-bond acceptors (Lipinski definition) is 3. The van der Waals surface area contributed by atoms with Crippen LogP contribution in [-0.4, -0.2) is 17.4 Å². The number of anilines is 3. The first kappa shape index (κ1) is 13.4. The Hall–Kier alpha value is -2.62. The Bertz CT molecular complexity index is 637. The molecular weight excluding hydrogens is 262 g/mol. The lowest BCUT2D eigenvalue weighted by Crippen LogP contribution is -2.24. The minimum Gasteiger partial charge on any atom is -0.340 e. The fourth-order valence-electron chi connectivity index (χ4n) is 2.43. The number of para-hydroxylation sites is 1. The summed E-state index contributed by atoms with van der Waals surface area (Å²) < 4.78 is 0. The molecule has 1 aromatic carbocycles. The molecule has 1 aromatic heterocycles. The molecule has 1 unspecified atom stereocenters. The number of amides is 1. The maximum absolute atomic E-state index is 12.0. The SMILES string of the molecule is C=CC1CC(=O)N(c2ccc(Nc3ccccc3)nc2)C1. The molecule has 4 nitrogen and oxygen atoms in total. The highest BCUT2D eigenvalue weighted by Crippen LogP contribution is 2.26. The van der Waals surface area contributed by atoms with Crippen LogP contribution < -0.4 is 10.2 Å². The molecular formula is C17H17N3O. The van der Waals surface area contributed by atoms with E-state index >= 15 is 0 Å². The van der Waals surface area contributed by atoms with Gasteiger partial charge in [-0.25, -0.2) is 4.98 Å². The van der Waals surface area contributed by atoms with Crippen molar-refractivity contribution in [3.05, 3.63) is 61.3 Å². The van der Waals surface area contributed by atoms with Crippen LogP contribution in [0.3, 0.4) is 0 Å². The quantitative estimate of drug-likeness (QED) is 0.873. The molecule has 1 saturated heterocycles. The van der Waals surface area contributed by atoms with E-state index in [1.165, 1.54) is 0 Å². The molecule has 106 valence electrons. The number of hydrogen-bond donors (Lipinski definition) is 1. The summed E-state index contributed by atoms with van der Waals surface area (Å²) in [5.41, 5.74) is 1.82. The lowest BCUT2D eigenvalue weighted by Gasteiger charge is -2.16. The average Bonchev–Trinajstić information content (AvgIpc) is 2.90. The summed E-state index contributed by atoms with van der Waals surface area (Å²) in [6, 6.07) is 13.7. The van der Waals surface area contributed by atoms with E-state index in [0.717, 1.165) is 17.2 Å². The zero-order valence-corrected chi connectivity index (χ0v) is 11.7. The van der Waals surface area contributed by atoms with Gasteiger partial charge in [-0.3, -0.25) is 4.79 Å². The second kappa shape index (κ2) is 5.79. The Labute approximate surface area is 124 Å². The first-order valence-corrected chi connectivity index (χ1v) is 6.97. The Morgan fingerprint density at radius 1 is 1.24 bits per heavy atom. The van der Waals surface area contributed by atoms with Crippen molar-refractivity contribution >= 4 is 23.1 Å². The van der Waals surface area contributed by atoms with Crippen molar-refractivity contribution in [3.8, 4) is 0 Å². The van der Waals surface area contributed by atoms with Crippen LogP contribution in [0.5, 0.6) is 0 Å². The van der Waals surface area contributed by atoms with E-state index in [2.05, 4.69) is 16.9 Å². The molecule has 0 aliphatic carbocycles. The number of nitrogens with one attached hydrogen (secondary N) is 1. The topological polar surface area (TPSA) is 45.2 Å². The van der Waals surface area contributed by atoms with E-state index in [1.807, 2.05) is 48.5 Å². The minimum absolute atomic E-state index is 0.130. The van der Waals surface area contributed by atoms with Gasteiger partial charge in [-0.05, 0) is 24.3 Å². The van der Waals surface area contributed by atoms with Crippen LogP contribution >= 0.6 is 0 Å². The molecule has 2 aromatic rings. The van der Waals surface area contributed by atoms with E-state index in [4.69, 9.17) is 0 Å². The number of pyridine rings is 1. The molecule has 4 heteroatoms. The van der Waals surface area contributed by atoms with Crippen molar-refractivity contribution in [1.29, 1.82) is 0 Å². The van der Waals surface area contributed by atoms with Crippen LogP contribution in [0.4, 0.5) is 17.2 Å². The third-order valence-electron chi connectivity index (χ3n) is 3.59. The lowest BCUT2D eigenvalue weighted by atomic mass is 10.1. The molecule has 1 N–H and O–H groups in total. The molecule has 0 spiro atoms. The predicted octanol–water partition coefficient (Wildman–Crippen LogP) is 3.36. The van der Waals surface area contributed by atoms with Crippen molar-refractivity contribution < 1.29 is 4.79 Å². The molecule has 3 rings (SSSR count). The van der Waals surface area contributed by atoms with Gasteiger partial charge in [0.15, 0.2) is 0 Å². The summed E-state index contributed by atoms with van der Waals surface area (Å²) in [6.45, 7) is 4.45. The molecule has 1 atom stereocenters. The molecule has 1 aliphatic heterocycles. The summed E-state index contributed by atoms with van der Waals surface area (Å²) in [5, 5.41) is 3.22. The maximum atomic E-state index is 12.0. The van der Waals surface area contributed by atoms with Gasteiger partial charge in [-0.15, -0.1) is 6.58 Å². The summed E-state index contributed by atoms with van der Waals surface area (Å²) in [6.07, 6.45) is 4.11. The summed E-state index contributed by atoms with van der Waals surface area (Å²) in [4.78, 5) is 18.1. The van der Waals surface area contributed by atoms with Crippen LogP contribution in [0.2, 0.25) is 0 Å². The smallest absolute Gasteiger partial charge is 0.227 e. The fraction of sp³-hybridized carbons (Fsp3) is 0.176. The van der Waals surface area contributed by atoms with E-state index < -0.39 is 0 Å². The Kier molecular flexibility index (Phi) is 3.69.